The lowest BCUT2D eigenvalue weighted by atomic mass is 10.0. The number of thioether (sulfide) groups is 1. The van der Waals surface area contributed by atoms with Gasteiger partial charge in [-0.05, 0) is 35.9 Å². The molecule has 0 saturated carbocycles. The first kappa shape index (κ1) is 17.1. The number of nitrogens with zero attached hydrogens (tertiary/aromatic N) is 1. The molecule has 2 aliphatic rings. The summed E-state index contributed by atoms with van der Waals surface area (Å²) < 4.78 is 14.1. The molecule has 2 amide bonds. The van der Waals surface area contributed by atoms with Gasteiger partial charge in [-0.3, -0.25) is 9.59 Å². The summed E-state index contributed by atoms with van der Waals surface area (Å²) in [5.41, 5.74) is 1.98. The van der Waals surface area contributed by atoms with Gasteiger partial charge in [-0.1, -0.05) is 31.2 Å². The average Bonchev–Trinajstić information content (AvgIpc) is 3.02. The Bertz CT molecular complexity index is 886. The summed E-state index contributed by atoms with van der Waals surface area (Å²) in [5.74, 6) is 0.261. The number of amides is 2. The summed E-state index contributed by atoms with van der Waals surface area (Å²) >= 11 is 1.72. The van der Waals surface area contributed by atoms with E-state index in [4.69, 9.17) is 0 Å². The molecule has 0 bridgehead atoms. The Morgan fingerprint density at radius 2 is 2.00 bits per heavy atom. The van der Waals surface area contributed by atoms with E-state index in [1.807, 2.05) is 0 Å². The molecule has 0 aromatic heterocycles. The zero-order valence-corrected chi connectivity index (χ0v) is 15.2. The standard InChI is InChI=1S/C20H19FN2O2S/c1-2-26-17-9-10-23-18(17)19(24)22-16-8-7-12(11-14(16)20(23)25)13-5-3-4-6-15(13)21/h3-8,11,17-18H,2,9-10H2,1H3,(H,22,24)/t17-,18-/m0/s1. The van der Waals surface area contributed by atoms with Crippen molar-refractivity contribution < 1.29 is 14.0 Å². The van der Waals surface area contributed by atoms with Gasteiger partial charge in [0.1, 0.15) is 11.9 Å². The summed E-state index contributed by atoms with van der Waals surface area (Å²) in [6.45, 7) is 2.62. The summed E-state index contributed by atoms with van der Waals surface area (Å²) in [5, 5.41) is 3.01. The van der Waals surface area contributed by atoms with Crippen molar-refractivity contribution in [2.24, 2.45) is 0 Å². The van der Waals surface area contributed by atoms with Crippen LogP contribution < -0.4 is 5.32 Å². The summed E-state index contributed by atoms with van der Waals surface area (Å²) in [6.07, 6.45) is 0.810. The van der Waals surface area contributed by atoms with Crippen molar-refractivity contribution in [3.05, 3.63) is 53.8 Å². The van der Waals surface area contributed by atoms with Gasteiger partial charge in [0.25, 0.3) is 5.91 Å². The highest BCUT2D eigenvalue weighted by Gasteiger charge is 2.44. The topological polar surface area (TPSA) is 49.4 Å². The molecule has 0 radical (unpaired) electrons. The lowest BCUT2D eigenvalue weighted by molar-refractivity contribution is -0.119. The minimum atomic E-state index is -0.447. The second-order valence-corrected chi connectivity index (χ2v) is 7.97. The first-order chi connectivity index (χ1) is 12.6. The molecule has 0 spiro atoms. The highest BCUT2D eigenvalue weighted by atomic mass is 32.2. The molecule has 1 saturated heterocycles. The zero-order chi connectivity index (χ0) is 18.3. The van der Waals surface area contributed by atoms with Gasteiger partial charge < -0.3 is 10.2 Å². The predicted octanol–water partition coefficient (Wildman–Crippen LogP) is 3.78. The van der Waals surface area contributed by atoms with E-state index in [0.717, 1.165) is 12.2 Å². The van der Waals surface area contributed by atoms with Crippen LogP contribution in [0.1, 0.15) is 23.7 Å². The zero-order valence-electron chi connectivity index (χ0n) is 14.4. The second kappa shape index (κ2) is 6.76. The monoisotopic (exact) mass is 370 g/mol. The number of nitrogens with one attached hydrogen (secondary N) is 1. The molecular weight excluding hydrogens is 351 g/mol. The molecular formula is C20H19FN2O2S. The third kappa shape index (κ3) is 2.78. The number of fused-ring (bicyclic) bond motifs is 2. The van der Waals surface area contributed by atoms with Crippen molar-refractivity contribution in [1.29, 1.82) is 0 Å². The van der Waals surface area contributed by atoms with E-state index in [-0.39, 0.29) is 22.9 Å². The Morgan fingerprint density at radius 3 is 2.77 bits per heavy atom. The van der Waals surface area contributed by atoms with Crippen LogP contribution in [0.2, 0.25) is 0 Å². The molecule has 2 aliphatic heterocycles. The van der Waals surface area contributed by atoms with Crippen LogP contribution in [0.15, 0.2) is 42.5 Å². The first-order valence-corrected chi connectivity index (χ1v) is 9.77. The van der Waals surface area contributed by atoms with E-state index in [1.165, 1.54) is 6.07 Å². The van der Waals surface area contributed by atoms with E-state index in [0.29, 0.717) is 28.9 Å². The lowest BCUT2D eigenvalue weighted by Crippen LogP contribution is -2.44. The van der Waals surface area contributed by atoms with Crippen LogP contribution in [0.4, 0.5) is 10.1 Å². The highest BCUT2D eigenvalue weighted by molar-refractivity contribution is 7.99. The Morgan fingerprint density at radius 1 is 1.19 bits per heavy atom. The first-order valence-electron chi connectivity index (χ1n) is 8.72. The smallest absolute Gasteiger partial charge is 0.256 e. The average molecular weight is 370 g/mol. The molecule has 2 atom stereocenters. The molecule has 2 heterocycles. The molecule has 2 aromatic carbocycles. The Balaban J connectivity index is 1.75. The lowest BCUT2D eigenvalue weighted by Gasteiger charge is -2.23. The van der Waals surface area contributed by atoms with Crippen molar-refractivity contribution in [2.75, 3.05) is 17.6 Å². The molecule has 2 aromatic rings. The van der Waals surface area contributed by atoms with Gasteiger partial charge in [0.2, 0.25) is 5.91 Å². The molecule has 26 heavy (non-hydrogen) atoms. The number of halogens is 1. The molecule has 1 fully saturated rings. The molecule has 1 N–H and O–H groups in total. The largest absolute Gasteiger partial charge is 0.325 e. The number of carbonyl (C=O) groups is 2. The molecule has 4 nitrogen and oxygen atoms in total. The number of benzene rings is 2. The number of anilines is 1. The second-order valence-electron chi connectivity index (χ2n) is 6.46. The maximum Gasteiger partial charge on any atom is 0.256 e. The third-order valence-corrected chi connectivity index (χ3v) is 6.20. The molecule has 6 heteroatoms. The van der Waals surface area contributed by atoms with Gasteiger partial charge in [0, 0.05) is 17.4 Å². The minimum absolute atomic E-state index is 0.115. The molecule has 0 aliphatic carbocycles. The molecule has 0 unspecified atom stereocenters. The van der Waals surface area contributed by atoms with Crippen molar-refractivity contribution in [3.8, 4) is 11.1 Å². The SMILES string of the molecule is CCS[C@H]1CCN2C(=O)c3cc(-c4ccccc4F)ccc3NC(=O)[C@H]12. The maximum absolute atomic E-state index is 14.1. The van der Waals surface area contributed by atoms with Gasteiger partial charge in [0.05, 0.1) is 11.3 Å². The van der Waals surface area contributed by atoms with Crippen LogP contribution in [-0.4, -0.2) is 40.3 Å². The van der Waals surface area contributed by atoms with E-state index in [9.17, 15) is 14.0 Å². The quantitative estimate of drug-likeness (QED) is 0.895. The Labute approximate surface area is 155 Å². The summed E-state index contributed by atoms with van der Waals surface area (Å²) in [4.78, 5) is 27.5. The maximum atomic E-state index is 14.1. The fraction of sp³-hybridized carbons (Fsp3) is 0.300. The molecule has 134 valence electrons. The van der Waals surface area contributed by atoms with Gasteiger partial charge in [-0.15, -0.1) is 0 Å². The summed E-state index contributed by atoms with van der Waals surface area (Å²) in [6, 6.07) is 11.1. The highest BCUT2D eigenvalue weighted by Crippen LogP contribution is 2.36. The van der Waals surface area contributed by atoms with Crippen molar-refractivity contribution in [2.45, 2.75) is 24.6 Å². The van der Waals surface area contributed by atoms with E-state index >= 15 is 0 Å². The van der Waals surface area contributed by atoms with Gasteiger partial charge in [-0.25, -0.2) is 4.39 Å². The normalized spacial score (nSPS) is 21.8. The summed E-state index contributed by atoms with van der Waals surface area (Å²) in [7, 11) is 0. The van der Waals surface area contributed by atoms with Crippen LogP contribution in [-0.2, 0) is 4.79 Å². The van der Waals surface area contributed by atoms with Crippen LogP contribution >= 0.6 is 11.8 Å². The third-order valence-electron chi connectivity index (χ3n) is 4.95. The fourth-order valence-corrected chi connectivity index (χ4v) is 4.90. The predicted molar refractivity (Wildman–Crippen MR) is 102 cm³/mol. The van der Waals surface area contributed by atoms with Crippen LogP contribution in [0, 0.1) is 5.82 Å². The van der Waals surface area contributed by atoms with Gasteiger partial charge in [-0.2, -0.15) is 11.8 Å². The van der Waals surface area contributed by atoms with Gasteiger partial charge >= 0.3 is 0 Å². The molecule has 4 rings (SSSR count). The number of carbonyl (C=O) groups excluding carboxylic acids is 2. The van der Waals surface area contributed by atoms with Crippen molar-refractivity contribution in [3.63, 3.8) is 0 Å². The van der Waals surface area contributed by atoms with Crippen molar-refractivity contribution >= 4 is 29.3 Å². The number of hydrogen-bond acceptors (Lipinski definition) is 3. The van der Waals surface area contributed by atoms with Crippen molar-refractivity contribution in [1.82, 2.24) is 4.90 Å². The van der Waals surface area contributed by atoms with E-state index in [1.54, 1.807) is 53.1 Å². The minimum Gasteiger partial charge on any atom is -0.325 e. The van der Waals surface area contributed by atoms with Crippen LogP contribution in [0.3, 0.4) is 0 Å². The fourth-order valence-electron chi connectivity index (χ4n) is 3.75. The van der Waals surface area contributed by atoms with Crippen LogP contribution in [0.5, 0.6) is 0 Å². The van der Waals surface area contributed by atoms with E-state index < -0.39 is 6.04 Å². The van der Waals surface area contributed by atoms with Gasteiger partial charge in [0.15, 0.2) is 0 Å². The van der Waals surface area contributed by atoms with E-state index in [2.05, 4.69) is 12.2 Å². The number of rotatable bonds is 3. The Hall–Kier alpha value is -2.34. The number of hydrogen-bond donors (Lipinski definition) is 1. The Kier molecular flexibility index (Phi) is 4.44. The van der Waals surface area contributed by atoms with Crippen LogP contribution in [0.25, 0.3) is 11.1 Å².